The highest BCUT2D eigenvalue weighted by Crippen LogP contribution is 1.77. The zero-order valence-corrected chi connectivity index (χ0v) is 4.96. The molecule has 0 radical (unpaired) electrons. The minimum Gasteiger partial charge on any atom is -0.785 e. The molecule has 0 aromatic heterocycles. The lowest BCUT2D eigenvalue weighted by atomic mass is 10.7. The van der Waals surface area contributed by atoms with Crippen LogP contribution in [0.15, 0.2) is 12.8 Å². The van der Waals surface area contributed by atoms with Crippen LogP contribution in [0, 0.1) is 5.21 Å². The number of rotatable bonds is 4. The lowest BCUT2D eigenvalue weighted by Gasteiger charge is -2.20. The van der Waals surface area contributed by atoms with Crippen LogP contribution in [0.5, 0.6) is 0 Å². The van der Waals surface area contributed by atoms with E-state index < -0.39 is 0 Å². The number of nitrogens with zero attached hydrogens (tertiary/aromatic N) is 1. The average Bonchev–Trinajstić information content (AvgIpc) is 1.66. The van der Waals surface area contributed by atoms with E-state index in [4.69, 9.17) is 0 Å². The van der Waals surface area contributed by atoms with E-state index in [0.717, 1.165) is 5.06 Å². The summed E-state index contributed by atoms with van der Waals surface area (Å²) in [6, 6.07) is 0. The first kappa shape index (κ1) is 7.46. The number of hydrogen-bond acceptors (Lipinski definition) is 3. The molecule has 0 spiro atoms. The van der Waals surface area contributed by atoms with Crippen LogP contribution in [0.25, 0.3) is 0 Å². The van der Waals surface area contributed by atoms with Gasteiger partial charge in [0.05, 0.1) is 12.9 Å². The topological polar surface area (TPSA) is 35.5 Å². The Morgan fingerprint density at radius 1 is 1.88 bits per heavy atom. The number of hydroxylamine groups is 2. The van der Waals surface area contributed by atoms with Crippen molar-refractivity contribution >= 4 is 0 Å². The lowest BCUT2D eigenvalue weighted by Crippen LogP contribution is -2.14. The van der Waals surface area contributed by atoms with E-state index in [2.05, 4.69) is 11.3 Å². The second-order valence-electron chi connectivity index (χ2n) is 1.39. The van der Waals surface area contributed by atoms with Crippen molar-refractivity contribution in [3.05, 3.63) is 18.0 Å². The van der Waals surface area contributed by atoms with Gasteiger partial charge in [-0.05, 0) is 7.05 Å². The Kier molecular flexibility index (Phi) is 4.30. The molecule has 0 aromatic carbocycles. The second kappa shape index (κ2) is 4.61. The van der Waals surface area contributed by atoms with Crippen LogP contribution in [0.2, 0.25) is 0 Å². The second-order valence-corrected chi connectivity index (χ2v) is 1.39. The molecule has 0 saturated heterocycles. The van der Waals surface area contributed by atoms with Crippen LogP contribution >= 0.6 is 0 Å². The quantitative estimate of drug-likeness (QED) is 0.306. The smallest absolute Gasteiger partial charge is 0.0990 e. The van der Waals surface area contributed by atoms with E-state index >= 15 is 0 Å². The van der Waals surface area contributed by atoms with Gasteiger partial charge in [0.1, 0.15) is 0 Å². The largest absolute Gasteiger partial charge is 0.785 e. The van der Waals surface area contributed by atoms with Gasteiger partial charge in [-0.25, -0.2) is 0 Å². The van der Waals surface area contributed by atoms with Crippen molar-refractivity contribution in [3.63, 3.8) is 0 Å². The average molecular weight is 116 g/mol. The first-order chi connectivity index (χ1) is 3.77. The monoisotopic (exact) mass is 116 g/mol. The molecule has 3 nitrogen and oxygen atoms in total. The summed E-state index contributed by atoms with van der Waals surface area (Å²) in [4.78, 5) is 0. The van der Waals surface area contributed by atoms with Crippen molar-refractivity contribution < 1.29 is 4.74 Å². The third-order valence-electron chi connectivity index (χ3n) is 0.642. The van der Waals surface area contributed by atoms with Crippen molar-refractivity contribution in [2.24, 2.45) is 0 Å². The Morgan fingerprint density at radius 3 is 2.88 bits per heavy atom. The fraction of sp³-hybridized carbons (Fsp3) is 0.600. The molecule has 0 N–H and O–H groups in total. The summed E-state index contributed by atoms with van der Waals surface area (Å²) in [6.07, 6.45) is 1.32. The highest BCUT2D eigenvalue weighted by Gasteiger charge is 1.79. The van der Waals surface area contributed by atoms with Crippen molar-refractivity contribution in [2.45, 2.75) is 0 Å². The summed E-state index contributed by atoms with van der Waals surface area (Å²) in [5.74, 6) is 0. The molecule has 0 bridgehead atoms. The van der Waals surface area contributed by atoms with E-state index in [1.54, 1.807) is 0 Å². The molecular weight excluding hydrogens is 106 g/mol. The van der Waals surface area contributed by atoms with E-state index in [9.17, 15) is 5.21 Å². The normalized spacial score (nSPS) is 9.38. The van der Waals surface area contributed by atoms with Gasteiger partial charge in [-0.1, -0.05) is 6.58 Å². The highest BCUT2D eigenvalue weighted by atomic mass is 16.5. The van der Waals surface area contributed by atoms with E-state index in [-0.39, 0.29) is 0 Å². The molecule has 0 aliphatic rings. The molecule has 0 atom stereocenters. The molecule has 8 heavy (non-hydrogen) atoms. The van der Waals surface area contributed by atoms with E-state index in [1.807, 2.05) is 0 Å². The summed E-state index contributed by atoms with van der Waals surface area (Å²) in [7, 11) is 1.45. The van der Waals surface area contributed by atoms with E-state index in [1.165, 1.54) is 13.3 Å². The van der Waals surface area contributed by atoms with Crippen LogP contribution < -0.4 is 0 Å². The van der Waals surface area contributed by atoms with Crippen LogP contribution in [0.3, 0.4) is 0 Å². The van der Waals surface area contributed by atoms with Crippen molar-refractivity contribution in [3.8, 4) is 0 Å². The van der Waals surface area contributed by atoms with Crippen LogP contribution in [-0.4, -0.2) is 25.3 Å². The first-order valence-electron chi connectivity index (χ1n) is 2.38. The molecule has 0 heterocycles. The van der Waals surface area contributed by atoms with Gasteiger partial charge in [0, 0.05) is 6.54 Å². The number of likely N-dealkylation sites (N-methyl/N-ethyl adjacent to an activating group) is 1. The molecule has 0 aromatic rings. The fourth-order valence-electron chi connectivity index (χ4n) is 0.265. The molecule has 0 aliphatic carbocycles. The predicted molar refractivity (Wildman–Crippen MR) is 32.1 cm³/mol. The van der Waals surface area contributed by atoms with Crippen molar-refractivity contribution in [1.29, 1.82) is 0 Å². The van der Waals surface area contributed by atoms with Gasteiger partial charge in [0.2, 0.25) is 0 Å². The summed E-state index contributed by atoms with van der Waals surface area (Å²) < 4.78 is 4.67. The minimum atomic E-state index is 0.395. The standard InChI is InChI=1S/C5H10NO2/c1-3-8-5-4-6(2)7/h3H,1,4-5H2,2H3/q-1. The van der Waals surface area contributed by atoms with E-state index in [0.29, 0.717) is 13.2 Å². The zero-order valence-electron chi connectivity index (χ0n) is 4.96. The third-order valence-corrected chi connectivity index (χ3v) is 0.642. The van der Waals surface area contributed by atoms with Gasteiger partial charge in [-0.15, -0.1) is 0 Å². The third kappa shape index (κ3) is 5.46. The number of hydrogen-bond donors (Lipinski definition) is 0. The summed E-state index contributed by atoms with van der Waals surface area (Å²) in [6.45, 7) is 4.13. The molecular formula is C5H10NO2-. The van der Waals surface area contributed by atoms with Gasteiger partial charge >= 0.3 is 0 Å². The molecule has 0 saturated carbocycles. The zero-order chi connectivity index (χ0) is 6.41. The van der Waals surface area contributed by atoms with Crippen LogP contribution in [0.1, 0.15) is 0 Å². The SMILES string of the molecule is C=COCCN(C)[O-]. The fourth-order valence-corrected chi connectivity index (χ4v) is 0.265. The minimum absolute atomic E-state index is 0.395. The maximum atomic E-state index is 10.1. The molecule has 0 aliphatic heterocycles. The predicted octanol–water partition coefficient (Wildman–Crippen LogP) is 0.576. The molecule has 0 unspecified atom stereocenters. The maximum absolute atomic E-state index is 10.1. The highest BCUT2D eigenvalue weighted by molar-refractivity contribution is 4.52. The Labute approximate surface area is 49.1 Å². The summed E-state index contributed by atoms with van der Waals surface area (Å²) >= 11 is 0. The van der Waals surface area contributed by atoms with Crippen LogP contribution in [-0.2, 0) is 4.74 Å². The lowest BCUT2D eigenvalue weighted by molar-refractivity contribution is 0.221. The van der Waals surface area contributed by atoms with Gasteiger partial charge in [0.15, 0.2) is 0 Å². The molecule has 0 rings (SSSR count). The molecule has 3 heteroatoms. The maximum Gasteiger partial charge on any atom is 0.0990 e. The summed E-state index contributed by atoms with van der Waals surface area (Å²) in [5, 5.41) is 10.9. The van der Waals surface area contributed by atoms with Gasteiger partial charge in [-0.3, -0.25) is 0 Å². The molecule has 0 fully saturated rings. The van der Waals surface area contributed by atoms with Crippen molar-refractivity contribution in [1.82, 2.24) is 5.06 Å². The van der Waals surface area contributed by atoms with Gasteiger partial charge < -0.3 is 15.0 Å². The molecule has 48 valence electrons. The Morgan fingerprint density at radius 2 is 2.50 bits per heavy atom. The van der Waals surface area contributed by atoms with Crippen molar-refractivity contribution in [2.75, 3.05) is 20.2 Å². The number of ether oxygens (including phenoxy) is 1. The van der Waals surface area contributed by atoms with Gasteiger partial charge in [0.25, 0.3) is 0 Å². The van der Waals surface area contributed by atoms with Gasteiger partial charge in [-0.2, -0.15) is 0 Å². The molecule has 0 amide bonds. The first-order valence-corrected chi connectivity index (χ1v) is 2.38. The Bertz CT molecular complexity index is 63.4. The Balaban J connectivity index is 2.81. The Hall–Kier alpha value is -0.540. The summed E-state index contributed by atoms with van der Waals surface area (Å²) in [5.41, 5.74) is 0. The van der Waals surface area contributed by atoms with Crippen LogP contribution in [0.4, 0.5) is 0 Å².